The summed E-state index contributed by atoms with van der Waals surface area (Å²) in [5.41, 5.74) is 4.06. The molecule has 0 spiro atoms. The molecule has 29 heavy (non-hydrogen) atoms. The second-order valence-corrected chi connectivity index (χ2v) is 9.35. The fourth-order valence-electron chi connectivity index (χ4n) is 6.49. The van der Waals surface area contributed by atoms with E-state index in [-0.39, 0.29) is 5.41 Å². The Morgan fingerprint density at radius 3 is 2.10 bits per heavy atom. The number of aromatic hydroxyl groups is 1. The van der Waals surface area contributed by atoms with E-state index >= 15 is 0 Å². The molecule has 0 radical (unpaired) electrons. The molecule has 3 N–H and O–H groups in total. The molecule has 4 aliphatic rings. The number of carboxylic acid groups (broad SMARTS) is 1. The van der Waals surface area contributed by atoms with E-state index in [1.807, 2.05) is 36.4 Å². The lowest BCUT2D eigenvalue weighted by molar-refractivity contribution is -0.131. The van der Waals surface area contributed by atoms with Gasteiger partial charge in [0.15, 0.2) is 0 Å². The summed E-state index contributed by atoms with van der Waals surface area (Å²) in [6.07, 6.45) is 10.6. The number of rotatable bonds is 5. The molecule has 4 aliphatic carbocycles. The first-order chi connectivity index (χ1) is 14.0. The molecule has 4 bridgehead atoms. The summed E-state index contributed by atoms with van der Waals surface area (Å²) >= 11 is 0. The summed E-state index contributed by atoms with van der Waals surface area (Å²) < 4.78 is 0. The first-order valence-corrected chi connectivity index (χ1v) is 10.6. The van der Waals surface area contributed by atoms with Crippen molar-refractivity contribution in [1.82, 2.24) is 0 Å². The fourth-order valence-corrected chi connectivity index (χ4v) is 6.49. The van der Waals surface area contributed by atoms with E-state index in [1.54, 1.807) is 6.08 Å². The zero-order chi connectivity index (χ0) is 20.0. The monoisotopic (exact) mass is 389 g/mol. The molecule has 4 saturated carbocycles. The summed E-state index contributed by atoms with van der Waals surface area (Å²) in [5.74, 6) is 2.00. The lowest BCUT2D eigenvalue weighted by Gasteiger charge is -2.57. The van der Waals surface area contributed by atoms with Gasteiger partial charge >= 0.3 is 5.97 Å². The van der Waals surface area contributed by atoms with Gasteiger partial charge in [0.25, 0.3) is 0 Å². The van der Waals surface area contributed by atoms with Gasteiger partial charge in [0, 0.05) is 23.0 Å². The molecule has 6 rings (SSSR count). The highest BCUT2D eigenvalue weighted by Crippen LogP contribution is 2.62. The first-order valence-electron chi connectivity index (χ1n) is 10.6. The Bertz CT molecular complexity index is 925. The van der Waals surface area contributed by atoms with Crippen LogP contribution in [-0.2, 0) is 10.2 Å². The Kier molecular flexibility index (Phi) is 4.38. The number of aliphatic carboxylic acids is 1. The van der Waals surface area contributed by atoms with Crippen LogP contribution < -0.4 is 5.32 Å². The SMILES string of the molecule is O=C(O)/C=C/c1ccc(Nc2ccc(O)c(C34CC5CC(CC(C5)C3)C4)c2)cc1. The van der Waals surface area contributed by atoms with Crippen LogP contribution in [0.15, 0.2) is 48.5 Å². The lowest BCUT2D eigenvalue weighted by Crippen LogP contribution is -2.48. The molecule has 150 valence electrons. The number of phenolic OH excluding ortho intramolecular Hbond substituents is 1. The molecular formula is C25H27NO3. The van der Waals surface area contributed by atoms with Crippen molar-refractivity contribution in [2.75, 3.05) is 5.32 Å². The summed E-state index contributed by atoms with van der Waals surface area (Å²) in [4.78, 5) is 10.6. The molecule has 0 heterocycles. The standard InChI is InChI=1S/C25H27NO3/c27-23-7-6-21(26-20-4-1-16(2-5-20)3-8-24(28)29)12-22(23)25-13-17-9-18(14-25)11-19(10-17)15-25/h1-8,12,17-19,26-27H,9-11,13-15H2,(H,28,29)/b8-3+. The van der Waals surface area contributed by atoms with Gasteiger partial charge in [-0.05, 0) is 104 Å². The van der Waals surface area contributed by atoms with Crippen molar-refractivity contribution in [3.8, 4) is 5.75 Å². The molecule has 4 heteroatoms. The number of carbonyl (C=O) groups is 1. The normalized spacial score (nSPS) is 30.0. The maximum atomic E-state index is 10.7. The molecule has 2 aromatic rings. The Hall–Kier alpha value is -2.75. The maximum absolute atomic E-state index is 10.7. The first kappa shape index (κ1) is 18.3. The van der Waals surface area contributed by atoms with E-state index in [0.717, 1.165) is 46.3 Å². The molecule has 0 saturated heterocycles. The highest BCUT2D eigenvalue weighted by atomic mass is 16.4. The molecule has 4 nitrogen and oxygen atoms in total. The van der Waals surface area contributed by atoms with Gasteiger partial charge < -0.3 is 15.5 Å². The van der Waals surface area contributed by atoms with Gasteiger partial charge in [0.1, 0.15) is 5.75 Å². The summed E-state index contributed by atoms with van der Waals surface area (Å²) in [6, 6.07) is 13.6. The maximum Gasteiger partial charge on any atom is 0.328 e. The smallest absolute Gasteiger partial charge is 0.328 e. The second-order valence-electron chi connectivity index (χ2n) is 9.35. The number of hydrogen-bond acceptors (Lipinski definition) is 3. The van der Waals surface area contributed by atoms with Crippen LogP contribution in [0.2, 0.25) is 0 Å². The van der Waals surface area contributed by atoms with Crippen molar-refractivity contribution >= 4 is 23.4 Å². The van der Waals surface area contributed by atoms with Gasteiger partial charge in [-0.3, -0.25) is 0 Å². The third-order valence-corrected chi connectivity index (χ3v) is 7.22. The molecular weight excluding hydrogens is 362 g/mol. The predicted octanol–water partition coefficient (Wildman–Crippen LogP) is 5.70. The number of hydrogen-bond donors (Lipinski definition) is 3. The molecule has 0 atom stereocenters. The van der Waals surface area contributed by atoms with E-state index < -0.39 is 5.97 Å². The molecule has 4 fully saturated rings. The van der Waals surface area contributed by atoms with Crippen LogP contribution in [0.5, 0.6) is 5.75 Å². The van der Waals surface area contributed by atoms with Crippen molar-refractivity contribution in [3.05, 3.63) is 59.7 Å². The van der Waals surface area contributed by atoms with Gasteiger partial charge in [-0.15, -0.1) is 0 Å². The molecule has 0 unspecified atom stereocenters. The highest BCUT2D eigenvalue weighted by Gasteiger charge is 2.52. The van der Waals surface area contributed by atoms with E-state index in [4.69, 9.17) is 5.11 Å². The molecule has 0 aromatic heterocycles. The van der Waals surface area contributed by atoms with Gasteiger partial charge in [0.2, 0.25) is 0 Å². The lowest BCUT2D eigenvalue weighted by atomic mass is 9.48. The molecule has 0 aliphatic heterocycles. The molecule has 0 amide bonds. The number of carboxylic acids is 1. The number of benzene rings is 2. The van der Waals surface area contributed by atoms with Crippen molar-refractivity contribution in [3.63, 3.8) is 0 Å². The molecule has 2 aromatic carbocycles. The van der Waals surface area contributed by atoms with Crippen molar-refractivity contribution in [2.24, 2.45) is 17.8 Å². The van der Waals surface area contributed by atoms with E-state index in [9.17, 15) is 9.90 Å². The fraction of sp³-hybridized carbons (Fsp3) is 0.400. The predicted molar refractivity (Wildman–Crippen MR) is 114 cm³/mol. The Labute approximate surface area is 171 Å². The van der Waals surface area contributed by atoms with Gasteiger partial charge in [0.05, 0.1) is 0 Å². The average molecular weight is 389 g/mol. The van der Waals surface area contributed by atoms with Gasteiger partial charge in [-0.2, -0.15) is 0 Å². The second kappa shape index (κ2) is 6.94. The Balaban J connectivity index is 1.38. The van der Waals surface area contributed by atoms with Crippen molar-refractivity contribution < 1.29 is 15.0 Å². The minimum absolute atomic E-state index is 0.155. The van der Waals surface area contributed by atoms with Gasteiger partial charge in [-0.1, -0.05) is 12.1 Å². The van der Waals surface area contributed by atoms with Crippen molar-refractivity contribution in [1.29, 1.82) is 0 Å². The minimum Gasteiger partial charge on any atom is -0.508 e. The average Bonchev–Trinajstić information content (AvgIpc) is 2.68. The number of anilines is 2. The third kappa shape index (κ3) is 3.52. The zero-order valence-corrected chi connectivity index (χ0v) is 16.5. The van der Waals surface area contributed by atoms with Crippen LogP contribution in [0.25, 0.3) is 6.08 Å². The Morgan fingerprint density at radius 1 is 0.931 bits per heavy atom. The van der Waals surface area contributed by atoms with Crippen LogP contribution in [-0.4, -0.2) is 16.2 Å². The van der Waals surface area contributed by atoms with Crippen molar-refractivity contribution in [2.45, 2.75) is 43.9 Å². The number of nitrogens with one attached hydrogen (secondary N) is 1. The third-order valence-electron chi connectivity index (χ3n) is 7.22. The largest absolute Gasteiger partial charge is 0.508 e. The van der Waals surface area contributed by atoms with E-state index in [0.29, 0.717) is 5.75 Å². The summed E-state index contributed by atoms with van der Waals surface area (Å²) in [6.45, 7) is 0. The topological polar surface area (TPSA) is 69.6 Å². The Morgan fingerprint density at radius 2 is 1.52 bits per heavy atom. The summed E-state index contributed by atoms with van der Waals surface area (Å²) in [5, 5.41) is 22.9. The zero-order valence-electron chi connectivity index (χ0n) is 16.5. The summed E-state index contributed by atoms with van der Waals surface area (Å²) in [7, 11) is 0. The van der Waals surface area contributed by atoms with Crippen LogP contribution >= 0.6 is 0 Å². The highest BCUT2D eigenvalue weighted by molar-refractivity contribution is 5.85. The minimum atomic E-state index is -0.950. The van der Waals surface area contributed by atoms with Gasteiger partial charge in [-0.25, -0.2) is 4.79 Å². The van der Waals surface area contributed by atoms with Crippen LogP contribution in [0.1, 0.15) is 49.7 Å². The van der Waals surface area contributed by atoms with Crippen LogP contribution in [0, 0.1) is 17.8 Å². The quantitative estimate of drug-likeness (QED) is 0.453. The van der Waals surface area contributed by atoms with E-state index in [2.05, 4.69) is 11.4 Å². The van der Waals surface area contributed by atoms with Crippen LogP contribution in [0.3, 0.4) is 0 Å². The number of phenols is 1. The van der Waals surface area contributed by atoms with E-state index in [1.165, 1.54) is 38.5 Å². The van der Waals surface area contributed by atoms with Crippen LogP contribution in [0.4, 0.5) is 11.4 Å².